The largest absolute Gasteiger partial charge is 0.477 e. The minimum Gasteiger partial charge on any atom is -0.477 e. The molecule has 0 spiro atoms. The van der Waals surface area contributed by atoms with Crippen LogP contribution in [0.15, 0.2) is 36.7 Å². The number of hydrogen-bond acceptors (Lipinski definition) is 8. The van der Waals surface area contributed by atoms with E-state index in [-0.39, 0.29) is 0 Å². The van der Waals surface area contributed by atoms with Gasteiger partial charge in [0.2, 0.25) is 11.8 Å². The molecule has 168 valence electrons. The molecule has 7 nitrogen and oxygen atoms in total. The van der Waals surface area contributed by atoms with Gasteiger partial charge in [0, 0.05) is 24.1 Å². The van der Waals surface area contributed by atoms with Crippen LogP contribution in [-0.2, 0) is 5.60 Å². The zero-order valence-corrected chi connectivity index (χ0v) is 19.1. The number of aliphatic hydroxyl groups is 1. The lowest BCUT2D eigenvalue weighted by atomic mass is 9.81. The molecule has 0 atom stereocenters. The third kappa shape index (κ3) is 4.77. The molecule has 8 heteroatoms. The first-order valence-electron chi connectivity index (χ1n) is 11.3. The van der Waals surface area contributed by atoms with E-state index < -0.39 is 5.60 Å². The molecule has 0 radical (unpaired) electrons. The maximum Gasteiger partial charge on any atom is 0.230 e. The highest BCUT2D eigenvalue weighted by Crippen LogP contribution is 2.44. The molecule has 1 saturated heterocycles. The van der Waals surface area contributed by atoms with Gasteiger partial charge in [-0.2, -0.15) is 4.98 Å². The number of nitrogens with one attached hydrogen (secondary N) is 2. The van der Waals surface area contributed by atoms with E-state index in [2.05, 4.69) is 50.7 Å². The summed E-state index contributed by atoms with van der Waals surface area (Å²) in [7, 11) is 0. The summed E-state index contributed by atoms with van der Waals surface area (Å²) in [5.74, 6) is 1.68. The van der Waals surface area contributed by atoms with E-state index in [1.807, 2.05) is 6.20 Å². The summed E-state index contributed by atoms with van der Waals surface area (Å²) in [4.78, 5) is 14.4. The number of anilines is 2. The molecule has 2 aromatic heterocycles. The minimum atomic E-state index is -0.726. The van der Waals surface area contributed by atoms with Crippen LogP contribution >= 0.6 is 11.3 Å². The number of aromatic nitrogens is 3. The number of thiazole rings is 1. The van der Waals surface area contributed by atoms with Gasteiger partial charge >= 0.3 is 0 Å². The fourth-order valence-electron chi connectivity index (χ4n) is 4.21. The van der Waals surface area contributed by atoms with Crippen molar-refractivity contribution < 1.29 is 9.84 Å². The number of rotatable bonds is 7. The molecule has 0 amide bonds. The maximum absolute atomic E-state index is 10.6. The lowest BCUT2D eigenvalue weighted by Crippen LogP contribution is -2.33. The number of aryl methyl sites for hydroxylation is 1. The van der Waals surface area contributed by atoms with Crippen LogP contribution in [0, 0.1) is 12.8 Å². The maximum atomic E-state index is 10.6. The van der Waals surface area contributed by atoms with Gasteiger partial charge in [0.1, 0.15) is 10.6 Å². The lowest BCUT2D eigenvalue weighted by Gasteiger charge is -2.34. The van der Waals surface area contributed by atoms with E-state index in [1.54, 1.807) is 23.6 Å². The Morgan fingerprint density at radius 2 is 2.06 bits per heavy atom. The summed E-state index contributed by atoms with van der Waals surface area (Å²) in [6, 6.07) is 8.07. The number of piperidine rings is 1. The second-order valence-corrected chi connectivity index (χ2v) is 9.88. The number of ether oxygens (including phenoxy) is 1. The van der Waals surface area contributed by atoms with Gasteiger partial charge in [-0.25, -0.2) is 9.97 Å². The molecule has 3 heterocycles. The van der Waals surface area contributed by atoms with Crippen molar-refractivity contribution in [1.29, 1.82) is 0 Å². The van der Waals surface area contributed by atoms with Crippen LogP contribution in [0.3, 0.4) is 0 Å². The van der Waals surface area contributed by atoms with E-state index in [0.29, 0.717) is 24.4 Å². The fourth-order valence-corrected chi connectivity index (χ4v) is 5.26. The zero-order chi connectivity index (χ0) is 22.0. The van der Waals surface area contributed by atoms with Crippen LogP contribution in [0.4, 0.5) is 11.6 Å². The summed E-state index contributed by atoms with van der Waals surface area (Å²) < 4.78 is 5.94. The van der Waals surface area contributed by atoms with E-state index >= 15 is 0 Å². The van der Waals surface area contributed by atoms with Crippen molar-refractivity contribution in [3.63, 3.8) is 0 Å². The highest BCUT2D eigenvalue weighted by molar-refractivity contribution is 7.15. The molecule has 5 rings (SSSR count). The predicted octanol–water partition coefficient (Wildman–Crippen LogP) is 4.40. The molecule has 1 aromatic carbocycles. The first-order chi connectivity index (χ1) is 15.6. The average molecular weight is 452 g/mol. The highest BCUT2D eigenvalue weighted by atomic mass is 32.1. The van der Waals surface area contributed by atoms with Gasteiger partial charge in [-0.1, -0.05) is 6.07 Å². The SMILES string of the molecule is Cc1cc(Nc2nccc(OCC3CCNCC3)n2)cc(-c2cnc(C3(O)CCC3)s2)c1. The quantitative estimate of drug-likeness (QED) is 0.490. The average Bonchev–Trinajstić information content (AvgIpc) is 3.27. The third-order valence-electron chi connectivity index (χ3n) is 6.26. The zero-order valence-electron chi connectivity index (χ0n) is 18.3. The Balaban J connectivity index is 1.29. The van der Waals surface area contributed by atoms with Crippen LogP contribution in [0.25, 0.3) is 10.4 Å². The topological polar surface area (TPSA) is 92.2 Å². The molecule has 1 saturated carbocycles. The molecule has 1 aliphatic carbocycles. The summed E-state index contributed by atoms with van der Waals surface area (Å²) in [6.45, 7) is 4.87. The number of nitrogens with zero attached hydrogens (tertiary/aromatic N) is 3. The van der Waals surface area contributed by atoms with E-state index in [1.165, 1.54) is 0 Å². The first kappa shape index (κ1) is 21.3. The Hall–Kier alpha value is -2.55. The van der Waals surface area contributed by atoms with Crippen LogP contribution in [0.1, 0.15) is 42.7 Å². The molecule has 1 aliphatic heterocycles. The molecular formula is C24H29N5O2S. The normalized spacial score (nSPS) is 18.2. The van der Waals surface area contributed by atoms with E-state index in [0.717, 1.165) is 71.9 Å². The van der Waals surface area contributed by atoms with Crippen LogP contribution in [0.2, 0.25) is 0 Å². The van der Waals surface area contributed by atoms with Crippen LogP contribution in [-0.4, -0.2) is 39.8 Å². The van der Waals surface area contributed by atoms with Crippen molar-refractivity contribution in [1.82, 2.24) is 20.3 Å². The Kier molecular flexibility index (Phi) is 6.08. The van der Waals surface area contributed by atoms with Gasteiger partial charge in [0.05, 0.1) is 11.5 Å². The van der Waals surface area contributed by atoms with E-state index in [9.17, 15) is 5.11 Å². The van der Waals surface area contributed by atoms with Crippen molar-refractivity contribution >= 4 is 23.0 Å². The molecule has 0 unspecified atom stereocenters. The van der Waals surface area contributed by atoms with Crippen LogP contribution in [0.5, 0.6) is 5.88 Å². The molecule has 3 aromatic rings. The van der Waals surface area contributed by atoms with Crippen LogP contribution < -0.4 is 15.4 Å². The van der Waals surface area contributed by atoms with Crippen molar-refractivity contribution in [2.24, 2.45) is 5.92 Å². The fraction of sp³-hybridized carbons (Fsp3) is 0.458. The summed E-state index contributed by atoms with van der Waals surface area (Å²) in [5, 5.41) is 18.1. The predicted molar refractivity (Wildman–Crippen MR) is 126 cm³/mol. The number of hydrogen-bond donors (Lipinski definition) is 3. The molecular weight excluding hydrogens is 422 g/mol. The van der Waals surface area contributed by atoms with Crippen molar-refractivity contribution in [2.75, 3.05) is 25.0 Å². The third-order valence-corrected chi connectivity index (χ3v) is 7.50. The van der Waals surface area contributed by atoms with Crippen molar-refractivity contribution in [3.8, 4) is 16.3 Å². The van der Waals surface area contributed by atoms with Gasteiger partial charge in [0.15, 0.2) is 0 Å². The lowest BCUT2D eigenvalue weighted by molar-refractivity contribution is -0.0389. The molecule has 3 N–H and O–H groups in total. The number of benzene rings is 1. The van der Waals surface area contributed by atoms with Gasteiger partial charge < -0.3 is 20.5 Å². The second-order valence-electron chi connectivity index (χ2n) is 8.85. The van der Waals surface area contributed by atoms with Gasteiger partial charge in [0.25, 0.3) is 0 Å². The Morgan fingerprint density at radius 3 is 2.84 bits per heavy atom. The van der Waals surface area contributed by atoms with Gasteiger partial charge in [-0.05, 0) is 81.3 Å². The summed E-state index contributed by atoms with van der Waals surface area (Å²) >= 11 is 1.57. The van der Waals surface area contributed by atoms with Crippen molar-refractivity contribution in [3.05, 3.63) is 47.2 Å². The molecule has 2 aliphatic rings. The highest BCUT2D eigenvalue weighted by Gasteiger charge is 2.39. The first-order valence-corrected chi connectivity index (χ1v) is 12.1. The Bertz CT molecular complexity index is 1080. The molecule has 0 bridgehead atoms. The Morgan fingerprint density at radius 1 is 1.22 bits per heavy atom. The standard InChI is InChI=1S/C24H29N5O2S/c1-16-11-18(20-14-27-22(32-20)24(30)6-2-7-24)13-19(12-16)28-23-26-10-5-21(29-23)31-15-17-3-8-25-9-4-17/h5,10-14,17,25,30H,2-4,6-9,15H2,1H3,(H,26,28,29). The smallest absolute Gasteiger partial charge is 0.230 e. The monoisotopic (exact) mass is 451 g/mol. The van der Waals surface area contributed by atoms with Gasteiger partial charge in [-0.15, -0.1) is 11.3 Å². The van der Waals surface area contributed by atoms with E-state index in [4.69, 9.17) is 4.74 Å². The Labute approximate surface area is 192 Å². The van der Waals surface area contributed by atoms with Gasteiger partial charge in [-0.3, -0.25) is 0 Å². The second kappa shape index (κ2) is 9.13. The van der Waals surface area contributed by atoms with Crippen molar-refractivity contribution in [2.45, 2.75) is 44.6 Å². The molecule has 2 fully saturated rings. The molecule has 32 heavy (non-hydrogen) atoms. The summed E-state index contributed by atoms with van der Waals surface area (Å²) in [5.41, 5.74) is 2.38. The minimum absolute atomic E-state index is 0.512. The summed E-state index contributed by atoms with van der Waals surface area (Å²) in [6.07, 6.45) is 8.52.